The van der Waals surface area contributed by atoms with Gasteiger partial charge in [-0.25, -0.2) is 4.98 Å². The average Bonchev–Trinajstić information content (AvgIpc) is 2.65. The van der Waals surface area contributed by atoms with Gasteiger partial charge in [0.15, 0.2) is 10.3 Å². The smallest absolute Gasteiger partial charge is 0.185 e. The lowest BCUT2D eigenvalue weighted by atomic mass is 10.0. The number of nitrogens with one attached hydrogen (secondary N) is 1. The molecule has 2 N–H and O–H groups in total. The highest BCUT2D eigenvalue weighted by Gasteiger charge is 2.10. The van der Waals surface area contributed by atoms with E-state index in [1.165, 1.54) is 11.3 Å². The van der Waals surface area contributed by atoms with E-state index in [9.17, 15) is 0 Å². The molecule has 16 heavy (non-hydrogen) atoms. The van der Waals surface area contributed by atoms with Crippen LogP contribution in [0.5, 0.6) is 0 Å². The van der Waals surface area contributed by atoms with Crippen LogP contribution in [0.2, 0.25) is 5.15 Å². The normalized spacial score (nSPS) is 12.1. The molecule has 0 saturated carbocycles. The fourth-order valence-electron chi connectivity index (χ4n) is 1.31. The second-order valence-corrected chi connectivity index (χ2v) is 4.78. The Morgan fingerprint density at radius 2 is 2.44 bits per heavy atom. The van der Waals surface area contributed by atoms with E-state index in [-0.39, 0.29) is 11.8 Å². The van der Waals surface area contributed by atoms with Crippen LogP contribution in [0.25, 0.3) is 0 Å². The highest BCUT2D eigenvalue weighted by Crippen LogP contribution is 2.26. The van der Waals surface area contributed by atoms with Crippen molar-refractivity contribution in [2.24, 2.45) is 5.92 Å². The van der Waals surface area contributed by atoms with Crippen molar-refractivity contribution in [1.82, 2.24) is 4.98 Å². The largest absolute Gasteiger partial charge is 0.396 e. The van der Waals surface area contributed by atoms with Crippen LogP contribution in [-0.2, 0) is 0 Å². The van der Waals surface area contributed by atoms with E-state index in [0.29, 0.717) is 15.9 Å². The summed E-state index contributed by atoms with van der Waals surface area (Å²) >= 11 is 7.00. The van der Waals surface area contributed by atoms with E-state index in [0.717, 1.165) is 19.4 Å². The summed E-state index contributed by atoms with van der Waals surface area (Å²) in [5.41, 5.74) is 0. The van der Waals surface area contributed by atoms with Gasteiger partial charge in [0, 0.05) is 13.2 Å². The Hall–Kier alpha value is -0.830. The number of nitrogens with zero attached hydrogens (tertiary/aromatic N) is 2. The Morgan fingerprint density at radius 3 is 2.94 bits per heavy atom. The van der Waals surface area contributed by atoms with Crippen LogP contribution in [0.15, 0.2) is 0 Å². The molecule has 0 saturated heterocycles. The van der Waals surface area contributed by atoms with Gasteiger partial charge in [-0.3, -0.25) is 0 Å². The van der Waals surface area contributed by atoms with E-state index in [1.54, 1.807) is 0 Å². The number of hydrogen-bond acceptors (Lipinski definition) is 5. The van der Waals surface area contributed by atoms with Crippen LogP contribution in [0.1, 0.15) is 24.6 Å². The minimum absolute atomic E-state index is 0.197. The minimum Gasteiger partial charge on any atom is -0.396 e. The predicted molar refractivity (Wildman–Crippen MR) is 65.8 cm³/mol. The molecule has 1 atom stereocenters. The summed E-state index contributed by atoms with van der Waals surface area (Å²) in [7, 11) is 0. The fraction of sp³-hybridized carbons (Fsp3) is 0.600. The van der Waals surface area contributed by atoms with Gasteiger partial charge >= 0.3 is 0 Å². The zero-order valence-corrected chi connectivity index (χ0v) is 10.6. The summed E-state index contributed by atoms with van der Waals surface area (Å²) in [4.78, 5) is 4.47. The van der Waals surface area contributed by atoms with Crippen LogP contribution < -0.4 is 5.32 Å². The molecular formula is C10H14ClN3OS. The summed E-state index contributed by atoms with van der Waals surface area (Å²) in [6.07, 6.45) is 1.77. The maximum Gasteiger partial charge on any atom is 0.185 e. The van der Waals surface area contributed by atoms with E-state index in [2.05, 4.69) is 17.2 Å². The quantitative estimate of drug-likeness (QED) is 0.824. The first-order chi connectivity index (χ1) is 7.71. The van der Waals surface area contributed by atoms with Gasteiger partial charge < -0.3 is 10.4 Å². The maximum absolute atomic E-state index is 8.85. The molecule has 1 rings (SSSR count). The monoisotopic (exact) mass is 259 g/mol. The van der Waals surface area contributed by atoms with Crippen LogP contribution >= 0.6 is 22.9 Å². The lowest BCUT2D eigenvalue weighted by Gasteiger charge is -2.13. The number of rotatable bonds is 6. The molecule has 0 fully saturated rings. The van der Waals surface area contributed by atoms with Gasteiger partial charge in [-0.15, -0.1) is 0 Å². The Bertz CT molecular complexity index is 375. The number of thiazole rings is 1. The molecule has 0 radical (unpaired) electrons. The van der Waals surface area contributed by atoms with Gasteiger partial charge in [0.2, 0.25) is 0 Å². The van der Waals surface area contributed by atoms with Crippen LogP contribution in [-0.4, -0.2) is 23.2 Å². The van der Waals surface area contributed by atoms with Crippen LogP contribution in [0.3, 0.4) is 0 Å². The van der Waals surface area contributed by atoms with Gasteiger partial charge in [-0.1, -0.05) is 36.3 Å². The van der Waals surface area contributed by atoms with E-state index in [4.69, 9.17) is 22.0 Å². The summed E-state index contributed by atoms with van der Waals surface area (Å²) in [5, 5.41) is 21.6. The second-order valence-electron chi connectivity index (χ2n) is 3.42. The van der Waals surface area contributed by atoms with Gasteiger partial charge in [0.25, 0.3) is 0 Å². The molecule has 6 heteroatoms. The summed E-state index contributed by atoms with van der Waals surface area (Å²) in [5.74, 6) is 0.415. The molecule has 0 aromatic carbocycles. The van der Waals surface area contributed by atoms with Gasteiger partial charge in [-0.2, -0.15) is 5.26 Å². The lowest BCUT2D eigenvalue weighted by Crippen LogP contribution is -2.14. The number of anilines is 1. The van der Waals surface area contributed by atoms with Crippen molar-refractivity contribution < 1.29 is 5.11 Å². The van der Waals surface area contributed by atoms with Crippen LogP contribution in [0, 0.1) is 17.2 Å². The Morgan fingerprint density at radius 1 is 1.69 bits per heavy atom. The SMILES string of the molecule is CCC(CCO)CNc1nc(Cl)c(C#N)s1. The van der Waals surface area contributed by atoms with Crippen molar-refractivity contribution in [1.29, 1.82) is 5.26 Å². The number of aliphatic hydroxyl groups is 1. The minimum atomic E-state index is 0.197. The second kappa shape index (κ2) is 6.69. The first kappa shape index (κ1) is 13.2. The third-order valence-corrected chi connectivity index (χ3v) is 3.65. The molecule has 1 heterocycles. The number of nitriles is 1. The molecule has 0 aliphatic heterocycles. The standard InChI is InChI=1S/C10H14ClN3OS/c1-2-7(3-4-15)6-13-10-14-9(11)8(5-12)16-10/h7,15H,2-4,6H2,1H3,(H,13,14). The Labute approximate surface area is 104 Å². The molecule has 0 aliphatic carbocycles. The molecule has 0 bridgehead atoms. The molecule has 1 unspecified atom stereocenters. The Balaban J connectivity index is 2.50. The number of aliphatic hydroxyl groups excluding tert-OH is 1. The highest BCUT2D eigenvalue weighted by atomic mass is 35.5. The van der Waals surface area contributed by atoms with Crippen molar-refractivity contribution >= 4 is 28.1 Å². The van der Waals surface area contributed by atoms with E-state index >= 15 is 0 Å². The fourth-order valence-corrected chi connectivity index (χ4v) is 2.26. The molecule has 0 amide bonds. The van der Waals surface area contributed by atoms with Crippen molar-refractivity contribution in [2.45, 2.75) is 19.8 Å². The van der Waals surface area contributed by atoms with Gasteiger partial charge in [0.1, 0.15) is 10.9 Å². The van der Waals surface area contributed by atoms with Gasteiger partial charge in [0.05, 0.1) is 0 Å². The highest BCUT2D eigenvalue weighted by molar-refractivity contribution is 7.16. The molecule has 1 aromatic heterocycles. The average molecular weight is 260 g/mol. The number of hydrogen-bond donors (Lipinski definition) is 2. The number of aromatic nitrogens is 1. The molecule has 1 aromatic rings. The van der Waals surface area contributed by atoms with E-state index < -0.39 is 0 Å². The predicted octanol–water partition coefficient (Wildman–Crippen LogP) is 2.49. The van der Waals surface area contributed by atoms with Crippen molar-refractivity contribution in [3.8, 4) is 6.07 Å². The first-order valence-corrected chi connectivity index (χ1v) is 6.31. The molecule has 4 nitrogen and oxygen atoms in total. The first-order valence-electron chi connectivity index (χ1n) is 5.12. The maximum atomic E-state index is 8.85. The third-order valence-electron chi connectivity index (χ3n) is 2.34. The molecule has 0 aliphatic rings. The number of halogens is 1. The molecule has 88 valence electrons. The molecular weight excluding hydrogens is 246 g/mol. The summed E-state index contributed by atoms with van der Waals surface area (Å²) in [6.45, 7) is 3.02. The third kappa shape index (κ3) is 3.63. The zero-order chi connectivity index (χ0) is 12.0. The van der Waals surface area contributed by atoms with Crippen molar-refractivity contribution in [3.05, 3.63) is 10.0 Å². The lowest BCUT2D eigenvalue weighted by molar-refractivity contribution is 0.258. The van der Waals surface area contributed by atoms with Crippen LogP contribution in [0.4, 0.5) is 5.13 Å². The topological polar surface area (TPSA) is 68.9 Å². The van der Waals surface area contributed by atoms with Crippen molar-refractivity contribution in [3.63, 3.8) is 0 Å². The zero-order valence-electron chi connectivity index (χ0n) is 9.03. The van der Waals surface area contributed by atoms with Crippen molar-refractivity contribution in [2.75, 3.05) is 18.5 Å². The Kier molecular flexibility index (Phi) is 5.53. The summed E-state index contributed by atoms with van der Waals surface area (Å²) in [6, 6.07) is 1.99. The van der Waals surface area contributed by atoms with E-state index in [1.807, 2.05) is 6.07 Å². The molecule has 0 spiro atoms. The van der Waals surface area contributed by atoms with Gasteiger partial charge in [-0.05, 0) is 12.3 Å². The summed E-state index contributed by atoms with van der Waals surface area (Å²) < 4.78 is 0.